The molecule has 0 fully saturated rings. The fourth-order valence-electron chi connectivity index (χ4n) is 1.90. The number of aliphatic carboxylic acids is 1. The van der Waals surface area contributed by atoms with Gasteiger partial charge in [-0.2, -0.15) is 16.3 Å². The van der Waals surface area contributed by atoms with Gasteiger partial charge in [0.2, 0.25) is 17.6 Å². The van der Waals surface area contributed by atoms with Crippen LogP contribution in [-0.4, -0.2) is 46.4 Å². The van der Waals surface area contributed by atoms with Crippen molar-refractivity contribution >= 4 is 23.2 Å². The highest BCUT2D eigenvalue weighted by atomic mass is 32.1. The molecule has 1 atom stereocenters. The van der Waals surface area contributed by atoms with Gasteiger partial charge in [-0.05, 0) is 18.4 Å². The summed E-state index contributed by atoms with van der Waals surface area (Å²) in [5.41, 5.74) is -0.615. The van der Waals surface area contributed by atoms with Crippen LogP contribution in [0.15, 0.2) is 21.3 Å². The molecule has 8 nitrogen and oxygen atoms in total. The number of carboxylic acids is 1. The van der Waals surface area contributed by atoms with Crippen molar-refractivity contribution in [1.29, 1.82) is 0 Å². The van der Waals surface area contributed by atoms with Crippen LogP contribution < -0.4 is 5.32 Å². The van der Waals surface area contributed by atoms with Crippen molar-refractivity contribution < 1.29 is 24.0 Å². The summed E-state index contributed by atoms with van der Waals surface area (Å²) in [7, 11) is 1.37. The number of ether oxygens (including phenoxy) is 1. The van der Waals surface area contributed by atoms with Gasteiger partial charge in [0.05, 0.1) is 6.61 Å². The Morgan fingerprint density at radius 3 is 2.91 bits per heavy atom. The van der Waals surface area contributed by atoms with E-state index < -0.39 is 17.4 Å². The molecule has 9 heteroatoms. The molecule has 2 N–H and O–H groups in total. The summed E-state index contributed by atoms with van der Waals surface area (Å²) in [4.78, 5) is 27.4. The van der Waals surface area contributed by atoms with E-state index >= 15 is 0 Å². The standard InChI is InChI=1S/C14H17N3O5S/c1-14(8-21-2,13(19)20)16-10(18)3-4-11-15-12(17-22-11)9-5-6-23-7-9/h5-7H,3-4,8H2,1-2H3,(H,16,18)(H,19,20). The Bertz CT molecular complexity index is 670. The first-order chi connectivity index (χ1) is 10.9. The maximum Gasteiger partial charge on any atom is 0.331 e. The lowest BCUT2D eigenvalue weighted by Crippen LogP contribution is -2.55. The lowest BCUT2D eigenvalue weighted by Gasteiger charge is -2.25. The van der Waals surface area contributed by atoms with Gasteiger partial charge in [0.1, 0.15) is 0 Å². The minimum absolute atomic E-state index is 0.0395. The fraction of sp³-hybridized carbons (Fsp3) is 0.429. The molecular formula is C14H17N3O5S. The average Bonchev–Trinajstić information content (AvgIpc) is 3.16. The number of nitrogens with one attached hydrogen (secondary N) is 1. The van der Waals surface area contributed by atoms with Gasteiger partial charge in [-0.25, -0.2) is 4.79 Å². The van der Waals surface area contributed by atoms with Gasteiger partial charge in [-0.15, -0.1) is 0 Å². The predicted molar refractivity (Wildman–Crippen MR) is 82.0 cm³/mol. The molecule has 0 aliphatic rings. The number of carbonyl (C=O) groups excluding carboxylic acids is 1. The van der Waals surface area contributed by atoms with Crippen molar-refractivity contribution in [3.63, 3.8) is 0 Å². The number of rotatable bonds is 8. The maximum atomic E-state index is 11.9. The third kappa shape index (κ3) is 4.36. The summed E-state index contributed by atoms with van der Waals surface area (Å²) < 4.78 is 9.93. The SMILES string of the molecule is COCC(C)(NC(=O)CCc1nc(-c2ccsc2)no1)C(=O)O. The molecule has 23 heavy (non-hydrogen) atoms. The molecule has 1 unspecified atom stereocenters. The van der Waals surface area contributed by atoms with E-state index in [1.54, 1.807) is 0 Å². The number of thiophene rings is 1. The lowest BCUT2D eigenvalue weighted by molar-refractivity contribution is -0.149. The van der Waals surface area contributed by atoms with Crippen LogP contribution in [0.4, 0.5) is 0 Å². The zero-order valence-corrected chi connectivity index (χ0v) is 13.6. The first-order valence-corrected chi connectivity index (χ1v) is 7.77. The summed E-state index contributed by atoms with van der Waals surface area (Å²) in [6.45, 7) is 1.26. The third-order valence-corrected chi connectivity index (χ3v) is 3.82. The molecule has 0 saturated heterocycles. The molecule has 124 valence electrons. The van der Waals surface area contributed by atoms with E-state index in [-0.39, 0.29) is 19.4 Å². The van der Waals surface area contributed by atoms with Crippen LogP contribution >= 0.6 is 11.3 Å². The summed E-state index contributed by atoms with van der Waals surface area (Å²) in [5.74, 6) is -0.797. The second-order valence-electron chi connectivity index (χ2n) is 5.14. The van der Waals surface area contributed by atoms with Crippen molar-refractivity contribution in [3.05, 3.63) is 22.7 Å². The largest absolute Gasteiger partial charge is 0.479 e. The molecule has 2 rings (SSSR count). The quantitative estimate of drug-likeness (QED) is 0.745. The third-order valence-electron chi connectivity index (χ3n) is 3.13. The van der Waals surface area contributed by atoms with Crippen molar-refractivity contribution in [2.75, 3.05) is 13.7 Å². The maximum absolute atomic E-state index is 11.9. The summed E-state index contributed by atoms with van der Waals surface area (Å²) in [6.07, 6.45) is 0.267. The minimum atomic E-state index is -1.47. The number of carboxylic acid groups (broad SMARTS) is 1. The van der Waals surface area contributed by atoms with E-state index in [1.807, 2.05) is 16.8 Å². The highest BCUT2D eigenvalue weighted by molar-refractivity contribution is 7.08. The van der Waals surface area contributed by atoms with Crippen molar-refractivity contribution in [3.8, 4) is 11.4 Å². The van der Waals surface area contributed by atoms with Crippen LogP contribution in [0, 0.1) is 0 Å². The van der Waals surface area contributed by atoms with Crippen LogP contribution in [-0.2, 0) is 20.7 Å². The Balaban J connectivity index is 1.90. The van der Waals surface area contributed by atoms with Gasteiger partial charge in [0.15, 0.2) is 5.54 Å². The second kappa shape index (κ2) is 7.34. The fourth-order valence-corrected chi connectivity index (χ4v) is 2.53. The lowest BCUT2D eigenvalue weighted by atomic mass is 10.0. The van der Waals surface area contributed by atoms with Gasteiger partial charge in [-0.3, -0.25) is 4.79 Å². The summed E-state index contributed by atoms with van der Waals surface area (Å²) >= 11 is 1.52. The van der Waals surface area contributed by atoms with Crippen molar-refractivity contribution in [1.82, 2.24) is 15.5 Å². The molecule has 2 heterocycles. The molecular weight excluding hydrogens is 322 g/mol. The van der Waals surface area contributed by atoms with Gasteiger partial charge in [-0.1, -0.05) is 5.16 Å². The van der Waals surface area contributed by atoms with Crippen LogP contribution in [0.25, 0.3) is 11.4 Å². The van der Waals surface area contributed by atoms with Crippen LogP contribution in [0.5, 0.6) is 0 Å². The number of nitrogens with zero attached hydrogens (tertiary/aromatic N) is 2. The average molecular weight is 339 g/mol. The van der Waals surface area contributed by atoms with E-state index in [0.717, 1.165) is 5.56 Å². The predicted octanol–water partition coefficient (Wildman–Crippen LogP) is 1.34. The highest BCUT2D eigenvalue weighted by Crippen LogP contribution is 2.19. The zero-order chi connectivity index (χ0) is 16.9. The topological polar surface area (TPSA) is 115 Å². The normalized spacial score (nSPS) is 13.5. The number of amides is 1. The van der Waals surface area contributed by atoms with Gasteiger partial charge < -0.3 is 19.7 Å². The van der Waals surface area contributed by atoms with E-state index in [4.69, 9.17) is 9.26 Å². The first kappa shape index (κ1) is 17.1. The number of hydrogen-bond acceptors (Lipinski definition) is 7. The Morgan fingerprint density at radius 2 is 2.30 bits per heavy atom. The smallest absolute Gasteiger partial charge is 0.331 e. The second-order valence-corrected chi connectivity index (χ2v) is 5.92. The number of carbonyl (C=O) groups is 2. The number of aromatic nitrogens is 2. The van der Waals surface area contributed by atoms with Gasteiger partial charge >= 0.3 is 5.97 Å². The Kier molecular flexibility index (Phi) is 5.45. The molecule has 0 spiro atoms. The van der Waals surface area contributed by atoms with E-state index in [2.05, 4.69) is 15.5 Å². The molecule has 0 aliphatic carbocycles. The first-order valence-electron chi connectivity index (χ1n) is 6.83. The number of methoxy groups -OCH3 is 1. The molecule has 0 bridgehead atoms. The van der Waals surface area contributed by atoms with E-state index in [0.29, 0.717) is 11.7 Å². The minimum Gasteiger partial charge on any atom is -0.479 e. The molecule has 0 radical (unpaired) electrons. The molecule has 0 aromatic carbocycles. The summed E-state index contributed by atoms with van der Waals surface area (Å²) in [5, 5.41) is 19.3. The van der Waals surface area contributed by atoms with Crippen LogP contribution in [0.2, 0.25) is 0 Å². The molecule has 0 aliphatic heterocycles. The molecule has 1 amide bonds. The van der Waals surface area contributed by atoms with Crippen LogP contribution in [0.1, 0.15) is 19.2 Å². The van der Waals surface area contributed by atoms with Crippen molar-refractivity contribution in [2.45, 2.75) is 25.3 Å². The van der Waals surface area contributed by atoms with Crippen LogP contribution in [0.3, 0.4) is 0 Å². The zero-order valence-electron chi connectivity index (χ0n) is 12.7. The molecule has 2 aromatic heterocycles. The Morgan fingerprint density at radius 1 is 1.52 bits per heavy atom. The molecule has 2 aromatic rings. The number of aryl methyl sites for hydroxylation is 1. The Labute approximate surface area is 136 Å². The molecule has 0 saturated carbocycles. The monoisotopic (exact) mass is 339 g/mol. The van der Waals surface area contributed by atoms with E-state index in [9.17, 15) is 14.7 Å². The van der Waals surface area contributed by atoms with Gasteiger partial charge in [0, 0.05) is 30.9 Å². The Hall–Kier alpha value is -2.26. The van der Waals surface area contributed by atoms with E-state index in [1.165, 1.54) is 25.4 Å². The summed E-state index contributed by atoms with van der Waals surface area (Å²) in [6, 6.07) is 1.87. The highest BCUT2D eigenvalue weighted by Gasteiger charge is 2.34. The van der Waals surface area contributed by atoms with Crippen molar-refractivity contribution in [2.24, 2.45) is 0 Å². The number of hydrogen-bond donors (Lipinski definition) is 2. The van der Waals surface area contributed by atoms with Gasteiger partial charge in [0.25, 0.3) is 0 Å².